The molecule has 2 aromatic rings. The molecule has 0 aromatic heterocycles. The Morgan fingerprint density at radius 1 is 0.960 bits per heavy atom. The Morgan fingerprint density at radius 2 is 1.60 bits per heavy atom. The number of aryl methyl sites for hydroxylation is 1. The van der Waals surface area contributed by atoms with E-state index in [0.717, 1.165) is 12.0 Å². The van der Waals surface area contributed by atoms with Gasteiger partial charge in [0.25, 0.3) is 5.91 Å². The van der Waals surface area contributed by atoms with Crippen molar-refractivity contribution < 1.29 is 19.0 Å². The minimum absolute atomic E-state index is 0.00919. The Bertz CT molecular complexity index is 697. The molecule has 0 aliphatic carbocycles. The highest BCUT2D eigenvalue weighted by Gasteiger charge is 2.12. The third-order valence-electron chi connectivity index (χ3n) is 3.99. The summed E-state index contributed by atoms with van der Waals surface area (Å²) in [6, 6.07) is 13.4. The fraction of sp³-hybridized carbons (Fsp3) is 0.350. The lowest BCUT2D eigenvalue weighted by molar-refractivity contribution is -0.132. The van der Waals surface area contributed by atoms with Crippen LogP contribution in [0.1, 0.15) is 18.1 Å². The minimum Gasteiger partial charge on any atom is -0.493 e. The number of carbonyl (C=O) groups excluding carboxylic acids is 1. The van der Waals surface area contributed by atoms with E-state index in [2.05, 4.69) is 6.92 Å². The molecule has 0 fully saturated rings. The van der Waals surface area contributed by atoms with Gasteiger partial charge in [-0.25, -0.2) is 0 Å². The second-order valence-electron chi connectivity index (χ2n) is 5.73. The summed E-state index contributed by atoms with van der Waals surface area (Å²) in [7, 11) is 4.94. The van der Waals surface area contributed by atoms with E-state index < -0.39 is 0 Å². The van der Waals surface area contributed by atoms with E-state index in [9.17, 15) is 4.79 Å². The number of nitrogens with zero attached hydrogens (tertiary/aromatic N) is 1. The lowest BCUT2D eigenvalue weighted by atomic mass is 10.2. The van der Waals surface area contributed by atoms with Gasteiger partial charge in [0.1, 0.15) is 5.75 Å². The van der Waals surface area contributed by atoms with Crippen LogP contribution in [0.4, 0.5) is 0 Å². The molecule has 2 aromatic carbocycles. The molecular formula is C20H25NO4. The summed E-state index contributed by atoms with van der Waals surface area (Å²) in [5.74, 6) is 1.92. The van der Waals surface area contributed by atoms with Crippen molar-refractivity contribution in [2.24, 2.45) is 0 Å². The van der Waals surface area contributed by atoms with Crippen LogP contribution in [0.15, 0.2) is 42.5 Å². The fourth-order valence-corrected chi connectivity index (χ4v) is 2.42. The highest BCUT2D eigenvalue weighted by Crippen LogP contribution is 2.27. The number of rotatable bonds is 8. The predicted molar refractivity (Wildman–Crippen MR) is 97.3 cm³/mol. The van der Waals surface area contributed by atoms with Crippen molar-refractivity contribution in [1.29, 1.82) is 0 Å². The van der Waals surface area contributed by atoms with Crippen molar-refractivity contribution >= 4 is 5.91 Å². The molecule has 0 heterocycles. The number of hydrogen-bond donors (Lipinski definition) is 0. The number of carbonyl (C=O) groups is 1. The van der Waals surface area contributed by atoms with E-state index in [4.69, 9.17) is 14.2 Å². The maximum absolute atomic E-state index is 12.3. The van der Waals surface area contributed by atoms with Crippen LogP contribution in [0.25, 0.3) is 0 Å². The number of benzene rings is 2. The molecule has 134 valence electrons. The number of hydrogen-bond acceptors (Lipinski definition) is 4. The second kappa shape index (κ2) is 8.97. The third kappa shape index (κ3) is 5.14. The Labute approximate surface area is 149 Å². The predicted octanol–water partition coefficient (Wildman–Crippen LogP) is 3.30. The molecule has 25 heavy (non-hydrogen) atoms. The summed E-state index contributed by atoms with van der Waals surface area (Å²) in [6.07, 6.45) is 0.979. The number of amides is 1. The number of ether oxygens (including phenoxy) is 3. The van der Waals surface area contributed by atoms with Crippen molar-refractivity contribution in [2.45, 2.75) is 19.9 Å². The molecule has 0 saturated carbocycles. The molecule has 0 radical (unpaired) electrons. The van der Waals surface area contributed by atoms with Crippen LogP contribution in [-0.2, 0) is 17.8 Å². The highest BCUT2D eigenvalue weighted by molar-refractivity contribution is 5.77. The van der Waals surface area contributed by atoms with Gasteiger partial charge in [-0.3, -0.25) is 4.79 Å². The zero-order valence-electron chi connectivity index (χ0n) is 15.2. The van der Waals surface area contributed by atoms with Gasteiger partial charge in [0.05, 0.1) is 14.2 Å². The van der Waals surface area contributed by atoms with Gasteiger partial charge < -0.3 is 19.1 Å². The fourth-order valence-electron chi connectivity index (χ4n) is 2.42. The van der Waals surface area contributed by atoms with Gasteiger partial charge in [0, 0.05) is 13.6 Å². The first-order valence-corrected chi connectivity index (χ1v) is 8.24. The van der Waals surface area contributed by atoms with Crippen LogP contribution in [0.3, 0.4) is 0 Å². The Morgan fingerprint density at radius 3 is 2.20 bits per heavy atom. The SMILES string of the molecule is CCc1ccc(OCC(=O)N(C)Cc2ccc(OC)c(OC)c2)cc1. The zero-order valence-corrected chi connectivity index (χ0v) is 15.2. The summed E-state index contributed by atoms with van der Waals surface area (Å²) in [4.78, 5) is 13.9. The van der Waals surface area contributed by atoms with Gasteiger partial charge >= 0.3 is 0 Å². The molecule has 0 aliphatic heterocycles. The van der Waals surface area contributed by atoms with Gasteiger partial charge in [-0.05, 0) is 41.8 Å². The third-order valence-corrected chi connectivity index (χ3v) is 3.99. The Hall–Kier alpha value is -2.69. The molecule has 5 nitrogen and oxygen atoms in total. The molecule has 0 unspecified atom stereocenters. The van der Waals surface area contributed by atoms with Gasteiger partial charge in [-0.15, -0.1) is 0 Å². The summed E-state index contributed by atoms with van der Waals surface area (Å²) < 4.78 is 16.1. The molecule has 0 spiro atoms. The van der Waals surface area contributed by atoms with Gasteiger partial charge in [-0.1, -0.05) is 25.1 Å². The summed E-state index contributed by atoms with van der Waals surface area (Å²) in [5, 5.41) is 0. The van der Waals surface area contributed by atoms with Gasteiger partial charge in [0.15, 0.2) is 18.1 Å². The zero-order chi connectivity index (χ0) is 18.2. The van der Waals surface area contributed by atoms with Crippen LogP contribution in [-0.4, -0.2) is 38.7 Å². The average Bonchev–Trinajstić information content (AvgIpc) is 2.66. The van der Waals surface area contributed by atoms with Crippen LogP contribution >= 0.6 is 0 Å². The van der Waals surface area contributed by atoms with E-state index in [-0.39, 0.29) is 12.5 Å². The first-order chi connectivity index (χ1) is 12.1. The standard InChI is InChI=1S/C20H25NO4/c1-5-15-6-9-17(10-7-15)25-14-20(22)21(2)13-16-8-11-18(23-3)19(12-16)24-4/h6-12H,5,13-14H2,1-4H3. The number of methoxy groups -OCH3 is 2. The molecule has 0 atom stereocenters. The van der Waals surface area contributed by atoms with E-state index in [1.165, 1.54) is 5.56 Å². The van der Waals surface area contributed by atoms with E-state index in [1.54, 1.807) is 26.2 Å². The van der Waals surface area contributed by atoms with E-state index in [0.29, 0.717) is 23.8 Å². The Kier molecular flexibility index (Phi) is 6.69. The lowest BCUT2D eigenvalue weighted by Gasteiger charge is -2.18. The molecule has 5 heteroatoms. The van der Waals surface area contributed by atoms with Crippen molar-refractivity contribution in [3.8, 4) is 17.2 Å². The van der Waals surface area contributed by atoms with Crippen molar-refractivity contribution in [3.63, 3.8) is 0 Å². The minimum atomic E-state index is -0.0886. The average molecular weight is 343 g/mol. The van der Waals surface area contributed by atoms with Crippen LogP contribution < -0.4 is 14.2 Å². The van der Waals surface area contributed by atoms with Crippen molar-refractivity contribution in [3.05, 3.63) is 53.6 Å². The first-order valence-electron chi connectivity index (χ1n) is 8.24. The molecule has 0 N–H and O–H groups in total. The monoisotopic (exact) mass is 343 g/mol. The lowest BCUT2D eigenvalue weighted by Crippen LogP contribution is -2.30. The molecule has 0 bridgehead atoms. The molecule has 0 aliphatic rings. The molecular weight excluding hydrogens is 318 g/mol. The van der Waals surface area contributed by atoms with Gasteiger partial charge in [-0.2, -0.15) is 0 Å². The molecule has 0 saturated heterocycles. The van der Waals surface area contributed by atoms with Gasteiger partial charge in [0.2, 0.25) is 0 Å². The summed E-state index contributed by atoms with van der Waals surface area (Å²) in [6.45, 7) is 2.58. The van der Waals surface area contributed by atoms with Crippen LogP contribution in [0, 0.1) is 0 Å². The topological polar surface area (TPSA) is 48.0 Å². The van der Waals surface area contributed by atoms with E-state index >= 15 is 0 Å². The Balaban J connectivity index is 1.91. The first kappa shape index (κ1) is 18.6. The van der Waals surface area contributed by atoms with Crippen molar-refractivity contribution in [1.82, 2.24) is 4.90 Å². The van der Waals surface area contributed by atoms with E-state index in [1.807, 2.05) is 42.5 Å². The maximum Gasteiger partial charge on any atom is 0.260 e. The normalized spacial score (nSPS) is 10.2. The summed E-state index contributed by atoms with van der Waals surface area (Å²) in [5.41, 5.74) is 2.20. The highest BCUT2D eigenvalue weighted by atomic mass is 16.5. The second-order valence-corrected chi connectivity index (χ2v) is 5.73. The molecule has 1 amide bonds. The summed E-state index contributed by atoms with van der Waals surface area (Å²) >= 11 is 0. The largest absolute Gasteiger partial charge is 0.493 e. The number of likely N-dealkylation sites (N-methyl/N-ethyl adjacent to an activating group) is 1. The van der Waals surface area contributed by atoms with Crippen molar-refractivity contribution in [2.75, 3.05) is 27.9 Å². The molecule has 2 rings (SSSR count). The quantitative estimate of drug-likeness (QED) is 0.738. The smallest absolute Gasteiger partial charge is 0.260 e. The van der Waals surface area contributed by atoms with Crippen LogP contribution in [0.2, 0.25) is 0 Å². The van der Waals surface area contributed by atoms with Crippen LogP contribution in [0.5, 0.6) is 17.2 Å². The maximum atomic E-state index is 12.3.